The first-order valence-electron chi connectivity index (χ1n) is 8.82. The largest absolute Gasteiger partial charge is 0.463 e. The van der Waals surface area contributed by atoms with E-state index < -0.39 is 48.6 Å². The Labute approximate surface area is 168 Å². The first-order valence-corrected chi connectivity index (χ1v) is 8.82. The van der Waals surface area contributed by atoms with Crippen LogP contribution in [-0.4, -0.2) is 60.3 Å². The predicted octanol–water partition coefficient (Wildman–Crippen LogP) is 0.915. The molecule has 0 spiro atoms. The van der Waals surface area contributed by atoms with Crippen molar-refractivity contribution in [3.8, 4) is 5.75 Å². The van der Waals surface area contributed by atoms with Crippen molar-refractivity contribution < 1.29 is 43.2 Å². The molecule has 5 unspecified atom stereocenters. The van der Waals surface area contributed by atoms with E-state index in [1.54, 1.807) is 24.3 Å². The number of aliphatic hydroxyl groups excluding tert-OH is 1. The van der Waals surface area contributed by atoms with Crippen LogP contribution < -0.4 is 4.74 Å². The van der Waals surface area contributed by atoms with Gasteiger partial charge in [0.2, 0.25) is 12.4 Å². The average molecular weight is 407 g/mol. The monoisotopic (exact) mass is 407 g/mol. The van der Waals surface area contributed by atoms with Crippen LogP contribution in [0.25, 0.3) is 0 Å². The summed E-state index contributed by atoms with van der Waals surface area (Å²) in [6.45, 7) is 6.74. The summed E-state index contributed by atoms with van der Waals surface area (Å²) in [6.07, 6.45) is -3.59. The summed E-state index contributed by atoms with van der Waals surface area (Å²) in [5, 5.41) is 10.6. The van der Waals surface area contributed by atoms with Crippen molar-refractivity contribution in [1.82, 2.24) is 0 Å². The van der Waals surface area contributed by atoms with Crippen molar-refractivity contribution in [2.45, 2.75) is 51.5 Å². The summed E-state index contributed by atoms with van der Waals surface area (Å²) in [7, 11) is 0. The number of rotatable bonds is 7. The van der Waals surface area contributed by atoms with Gasteiger partial charge >= 0.3 is 17.9 Å². The van der Waals surface area contributed by atoms with Gasteiger partial charge in [-0.25, -0.2) is 0 Å². The van der Waals surface area contributed by atoms with Crippen LogP contribution in [0.1, 0.15) is 26.3 Å². The number of aliphatic hydroxyl groups is 1. The maximum absolute atomic E-state index is 11.6. The highest BCUT2D eigenvalue weighted by Crippen LogP contribution is 2.29. The first-order chi connectivity index (χ1) is 13.7. The fraction of sp³-hybridized carbons (Fsp3) is 0.450. The van der Waals surface area contributed by atoms with Crippen molar-refractivity contribution in [2.75, 3.05) is 6.61 Å². The molecule has 0 amide bonds. The number of carbonyl (C=O) groups is 3. The lowest BCUT2D eigenvalue weighted by Gasteiger charge is -2.42. The Morgan fingerprint density at radius 1 is 1.03 bits per heavy atom. The maximum atomic E-state index is 11.6. The zero-order valence-electron chi connectivity index (χ0n) is 16.3. The SMILES string of the molecule is C=[C-]c1ccc(OC2OC(COC(C)=O)C(O)C(OC(C)=O)C2OC(C)=O)cc1. The Morgan fingerprint density at radius 3 is 2.14 bits per heavy atom. The lowest BCUT2D eigenvalue weighted by molar-refractivity contribution is -0.285. The summed E-state index contributed by atoms with van der Waals surface area (Å²) in [4.78, 5) is 34.3. The van der Waals surface area contributed by atoms with Gasteiger partial charge in [-0.05, 0) is 0 Å². The molecular weight excluding hydrogens is 384 g/mol. The number of esters is 3. The Hall–Kier alpha value is -2.91. The molecule has 1 aliphatic rings. The number of carbonyl (C=O) groups excluding carboxylic acids is 3. The summed E-state index contributed by atoms with van der Waals surface area (Å²) >= 11 is 0. The van der Waals surface area contributed by atoms with E-state index in [0.717, 1.165) is 19.4 Å². The minimum absolute atomic E-state index is 0.314. The molecule has 9 heteroatoms. The van der Waals surface area contributed by atoms with Crippen LogP contribution in [0.4, 0.5) is 0 Å². The standard InChI is InChI=1S/C20H23O9/c1-5-14-6-8-15(9-7-14)28-20-19(27-13(4)23)18(26-12(3)22)17(24)16(29-20)10-25-11(2)21/h6-9,16-20,24H,1,10H2,2-4H3/q-1. The molecule has 0 radical (unpaired) electrons. The van der Waals surface area contributed by atoms with E-state index in [0.29, 0.717) is 5.75 Å². The van der Waals surface area contributed by atoms with Gasteiger partial charge in [0.05, 0.1) is 5.75 Å². The molecule has 9 nitrogen and oxygen atoms in total. The van der Waals surface area contributed by atoms with Crippen LogP contribution in [0.15, 0.2) is 30.8 Å². The number of hydrogen-bond donors (Lipinski definition) is 1. The van der Waals surface area contributed by atoms with Crippen LogP contribution in [0, 0.1) is 6.08 Å². The second-order valence-electron chi connectivity index (χ2n) is 6.30. The molecule has 0 saturated carbocycles. The Balaban J connectivity index is 2.31. The zero-order valence-corrected chi connectivity index (χ0v) is 16.3. The normalized spacial score (nSPS) is 26.1. The number of hydrogen-bond acceptors (Lipinski definition) is 9. The highest BCUT2D eigenvalue weighted by molar-refractivity contribution is 5.67. The fourth-order valence-electron chi connectivity index (χ4n) is 2.75. The molecule has 1 saturated heterocycles. The average Bonchev–Trinajstić information content (AvgIpc) is 2.65. The smallest absolute Gasteiger partial charge is 0.303 e. The molecule has 2 rings (SSSR count). The molecule has 1 N–H and O–H groups in total. The number of benzene rings is 1. The molecule has 1 aliphatic heterocycles. The lowest BCUT2D eigenvalue weighted by atomic mass is 9.98. The Morgan fingerprint density at radius 2 is 1.62 bits per heavy atom. The predicted molar refractivity (Wildman–Crippen MR) is 97.5 cm³/mol. The zero-order chi connectivity index (χ0) is 21.6. The molecule has 1 aromatic carbocycles. The van der Waals surface area contributed by atoms with Gasteiger partial charge in [-0.2, -0.15) is 30.4 Å². The van der Waals surface area contributed by atoms with Gasteiger partial charge in [0.25, 0.3) is 0 Å². The van der Waals surface area contributed by atoms with Crippen LogP contribution in [0.3, 0.4) is 0 Å². The quantitative estimate of drug-likeness (QED) is 0.400. The summed E-state index contributed by atoms with van der Waals surface area (Å²) in [5.74, 6) is -1.62. The third-order valence-corrected chi connectivity index (χ3v) is 3.98. The summed E-state index contributed by atoms with van der Waals surface area (Å²) in [6, 6.07) is 6.63. The van der Waals surface area contributed by atoms with E-state index in [4.69, 9.17) is 23.7 Å². The third-order valence-electron chi connectivity index (χ3n) is 3.98. The molecule has 0 aromatic heterocycles. The lowest BCUT2D eigenvalue weighted by Crippen LogP contribution is -2.62. The molecular formula is C20H23O9-. The summed E-state index contributed by atoms with van der Waals surface area (Å²) < 4.78 is 26.8. The van der Waals surface area contributed by atoms with Crippen molar-refractivity contribution in [1.29, 1.82) is 0 Å². The van der Waals surface area contributed by atoms with Crippen molar-refractivity contribution in [3.05, 3.63) is 42.5 Å². The van der Waals surface area contributed by atoms with Gasteiger partial charge in [0, 0.05) is 20.8 Å². The second kappa shape index (κ2) is 10.0. The maximum Gasteiger partial charge on any atom is 0.303 e. The molecule has 158 valence electrons. The van der Waals surface area contributed by atoms with Gasteiger partial charge in [-0.3, -0.25) is 14.4 Å². The molecule has 5 atom stereocenters. The second-order valence-corrected chi connectivity index (χ2v) is 6.30. The third kappa shape index (κ3) is 6.30. The van der Waals surface area contributed by atoms with Crippen molar-refractivity contribution in [2.24, 2.45) is 0 Å². The first kappa shape index (κ1) is 22.4. The Kier molecular flexibility index (Phi) is 7.74. The number of ether oxygens (including phenoxy) is 5. The molecule has 0 aliphatic carbocycles. The minimum atomic E-state index is -1.43. The molecule has 1 aromatic rings. The van der Waals surface area contributed by atoms with E-state index in [1.165, 1.54) is 6.92 Å². The highest BCUT2D eigenvalue weighted by Gasteiger charge is 2.50. The summed E-state index contributed by atoms with van der Waals surface area (Å²) in [5.41, 5.74) is 0.736. The topological polar surface area (TPSA) is 118 Å². The van der Waals surface area contributed by atoms with Crippen molar-refractivity contribution in [3.63, 3.8) is 0 Å². The highest BCUT2D eigenvalue weighted by atomic mass is 16.7. The van der Waals surface area contributed by atoms with Gasteiger partial charge in [0.1, 0.15) is 18.8 Å². The minimum Gasteiger partial charge on any atom is -0.463 e. The fourth-order valence-corrected chi connectivity index (χ4v) is 2.75. The Bertz CT molecular complexity index is 743. The van der Waals surface area contributed by atoms with E-state index in [2.05, 4.69) is 12.7 Å². The van der Waals surface area contributed by atoms with Crippen LogP contribution in [0.5, 0.6) is 5.75 Å². The molecule has 1 fully saturated rings. The van der Waals surface area contributed by atoms with E-state index in [-0.39, 0.29) is 6.61 Å². The van der Waals surface area contributed by atoms with E-state index in [9.17, 15) is 19.5 Å². The molecule has 1 heterocycles. The van der Waals surface area contributed by atoms with Crippen LogP contribution >= 0.6 is 0 Å². The van der Waals surface area contributed by atoms with Crippen molar-refractivity contribution >= 4 is 17.9 Å². The van der Waals surface area contributed by atoms with E-state index >= 15 is 0 Å². The van der Waals surface area contributed by atoms with Crippen LogP contribution in [0.2, 0.25) is 0 Å². The van der Waals surface area contributed by atoms with E-state index in [1.807, 2.05) is 0 Å². The van der Waals surface area contributed by atoms with Gasteiger partial charge in [-0.15, -0.1) is 0 Å². The molecule has 29 heavy (non-hydrogen) atoms. The van der Waals surface area contributed by atoms with Gasteiger partial charge in [-0.1, -0.05) is 12.1 Å². The van der Waals surface area contributed by atoms with Gasteiger partial charge in [0.15, 0.2) is 6.10 Å². The van der Waals surface area contributed by atoms with Crippen LogP contribution in [-0.2, 0) is 33.3 Å². The van der Waals surface area contributed by atoms with Gasteiger partial charge < -0.3 is 28.8 Å². The molecule has 0 bridgehead atoms.